The molecule has 0 saturated heterocycles. The van der Waals surface area contributed by atoms with E-state index in [4.69, 9.17) is 0 Å². The Labute approximate surface area is 132 Å². The largest absolute Gasteiger partial charge is 0.361 e. The van der Waals surface area contributed by atoms with Crippen molar-refractivity contribution in [3.05, 3.63) is 29.5 Å². The number of hydrogen-bond acceptors (Lipinski definition) is 6. The third-order valence-corrected chi connectivity index (χ3v) is 3.84. The van der Waals surface area contributed by atoms with E-state index in [-0.39, 0.29) is 0 Å². The standard InChI is InChI=1S/C14H19F2N7/c1-21(2)13-5-10-6-22(4-3-11(10)19-20-13)8-14-17-9-18-23(14)7-12(15)16/h5,9,12H,3-4,6-8H2,1-2H3. The van der Waals surface area contributed by atoms with Gasteiger partial charge in [0.2, 0.25) is 0 Å². The lowest BCUT2D eigenvalue weighted by Crippen LogP contribution is -2.32. The van der Waals surface area contributed by atoms with Crippen LogP contribution >= 0.6 is 0 Å². The second kappa shape index (κ2) is 6.53. The molecule has 3 heterocycles. The van der Waals surface area contributed by atoms with Crippen LogP contribution in [0.15, 0.2) is 12.4 Å². The Kier molecular flexibility index (Phi) is 4.46. The quantitative estimate of drug-likeness (QED) is 0.817. The van der Waals surface area contributed by atoms with Crippen molar-refractivity contribution in [2.75, 3.05) is 25.5 Å². The van der Waals surface area contributed by atoms with Gasteiger partial charge in [-0.25, -0.2) is 18.4 Å². The highest BCUT2D eigenvalue weighted by Crippen LogP contribution is 2.21. The van der Waals surface area contributed by atoms with Crippen molar-refractivity contribution < 1.29 is 8.78 Å². The molecule has 3 rings (SSSR count). The summed E-state index contributed by atoms with van der Waals surface area (Å²) in [5, 5.41) is 12.3. The molecule has 23 heavy (non-hydrogen) atoms. The minimum absolute atomic E-state index is 0.421. The van der Waals surface area contributed by atoms with E-state index in [2.05, 4.69) is 25.2 Å². The summed E-state index contributed by atoms with van der Waals surface area (Å²) in [6.45, 7) is 1.57. The highest BCUT2D eigenvalue weighted by atomic mass is 19.3. The molecule has 0 saturated carbocycles. The lowest BCUT2D eigenvalue weighted by Gasteiger charge is -2.28. The van der Waals surface area contributed by atoms with E-state index in [1.54, 1.807) is 0 Å². The van der Waals surface area contributed by atoms with Gasteiger partial charge >= 0.3 is 0 Å². The Bertz CT molecular complexity index is 671. The molecular formula is C14H19F2N7. The molecule has 2 aromatic rings. The van der Waals surface area contributed by atoms with Crippen molar-refractivity contribution >= 4 is 5.82 Å². The highest BCUT2D eigenvalue weighted by Gasteiger charge is 2.21. The van der Waals surface area contributed by atoms with Crippen molar-refractivity contribution in [1.29, 1.82) is 0 Å². The van der Waals surface area contributed by atoms with Gasteiger partial charge in [-0.3, -0.25) is 4.90 Å². The molecule has 124 valence electrons. The molecule has 0 bridgehead atoms. The molecule has 1 aliphatic heterocycles. The van der Waals surface area contributed by atoms with Gasteiger partial charge in [0.1, 0.15) is 18.7 Å². The average molecular weight is 323 g/mol. The van der Waals surface area contributed by atoms with Crippen molar-refractivity contribution in [1.82, 2.24) is 29.9 Å². The molecule has 1 aliphatic rings. The molecule has 0 aromatic carbocycles. The van der Waals surface area contributed by atoms with Gasteiger partial charge in [-0.05, 0) is 11.6 Å². The van der Waals surface area contributed by atoms with Crippen LogP contribution in [0.2, 0.25) is 0 Å². The van der Waals surface area contributed by atoms with Crippen LogP contribution in [0.4, 0.5) is 14.6 Å². The third kappa shape index (κ3) is 3.61. The fourth-order valence-electron chi connectivity index (χ4n) is 2.62. The Balaban J connectivity index is 1.72. The third-order valence-electron chi connectivity index (χ3n) is 3.84. The predicted molar refractivity (Wildman–Crippen MR) is 80.2 cm³/mol. The number of aromatic nitrogens is 5. The molecular weight excluding hydrogens is 304 g/mol. The highest BCUT2D eigenvalue weighted by molar-refractivity contribution is 5.40. The molecule has 0 radical (unpaired) electrons. The second-order valence-electron chi connectivity index (χ2n) is 5.78. The summed E-state index contributed by atoms with van der Waals surface area (Å²) in [5.74, 6) is 1.37. The van der Waals surface area contributed by atoms with Crippen molar-refractivity contribution in [3.8, 4) is 0 Å². The van der Waals surface area contributed by atoms with Gasteiger partial charge in [-0.1, -0.05) is 0 Å². The summed E-state index contributed by atoms with van der Waals surface area (Å²) < 4.78 is 26.4. The fourth-order valence-corrected chi connectivity index (χ4v) is 2.62. The Morgan fingerprint density at radius 1 is 1.30 bits per heavy atom. The van der Waals surface area contributed by atoms with Gasteiger partial charge in [0.05, 0.1) is 12.2 Å². The van der Waals surface area contributed by atoms with E-state index >= 15 is 0 Å². The van der Waals surface area contributed by atoms with Gasteiger partial charge < -0.3 is 4.90 Å². The Morgan fingerprint density at radius 2 is 2.13 bits per heavy atom. The topological polar surface area (TPSA) is 63.0 Å². The van der Waals surface area contributed by atoms with Gasteiger partial charge in [-0.2, -0.15) is 10.2 Å². The first kappa shape index (κ1) is 15.7. The zero-order valence-electron chi connectivity index (χ0n) is 13.2. The van der Waals surface area contributed by atoms with Gasteiger partial charge in [0.15, 0.2) is 5.82 Å². The summed E-state index contributed by atoms with van der Waals surface area (Å²) in [7, 11) is 3.84. The number of rotatable bonds is 5. The number of fused-ring (bicyclic) bond motifs is 1. The number of alkyl halides is 2. The lowest BCUT2D eigenvalue weighted by atomic mass is 10.1. The van der Waals surface area contributed by atoms with Crippen LogP contribution in [0, 0.1) is 0 Å². The van der Waals surface area contributed by atoms with Crippen LogP contribution in [0.5, 0.6) is 0 Å². The van der Waals surface area contributed by atoms with Gasteiger partial charge in [-0.15, -0.1) is 5.10 Å². The summed E-state index contributed by atoms with van der Waals surface area (Å²) >= 11 is 0. The van der Waals surface area contributed by atoms with Crippen molar-refractivity contribution in [2.24, 2.45) is 0 Å². The molecule has 0 spiro atoms. The van der Waals surface area contributed by atoms with Gasteiger partial charge in [0.25, 0.3) is 6.43 Å². The van der Waals surface area contributed by atoms with Crippen molar-refractivity contribution in [2.45, 2.75) is 32.5 Å². The van der Waals surface area contributed by atoms with E-state index in [0.717, 1.165) is 30.0 Å². The van der Waals surface area contributed by atoms with E-state index in [9.17, 15) is 8.78 Å². The first-order valence-corrected chi connectivity index (χ1v) is 7.43. The summed E-state index contributed by atoms with van der Waals surface area (Å²) in [6.07, 6.45) is -0.319. The molecule has 0 fully saturated rings. The number of halogens is 2. The monoisotopic (exact) mass is 323 g/mol. The Hall–Kier alpha value is -2.16. The van der Waals surface area contributed by atoms with E-state index in [1.807, 2.05) is 25.1 Å². The maximum absolute atomic E-state index is 12.6. The zero-order chi connectivity index (χ0) is 16.4. The van der Waals surface area contributed by atoms with Crippen LogP contribution in [0.25, 0.3) is 0 Å². The van der Waals surface area contributed by atoms with Crippen LogP contribution in [0.3, 0.4) is 0 Å². The normalized spacial score (nSPS) is 15.0. The van der Waals surface area contributed by atoms with E-state index in [1.165, 1.54) is 11.0 Å². The first-order chi connectivity index (χ1) is 11.0. The molecule has 9 heteroatoms. The van der Waals surface area contributed by atoms with Crippen LogP contribution < -0.4 is 4.90 Å². The maximum Gasteiger partial charge on any atom is 0.257 e. The number of hydrogen-bond donors (Lipinski definition) is 0. The van der Waals surface area contributed by atoms with Crippen LogP contribution in [-0.2, 0) is 26.1 Å². The fraction of sp³-hybridized carbons (Fsp3) is 0.571. The molecule has 2 aromatic heterocycles. The smallest absolute Gasteiger partial charge is 0.257 e. The van der Waals surface area contributed by atoms with Crippen LogP contribution in [-0.4, -0.2) is 56.9 Å². The van der Waals surface area contributed by atoms with Crippen LogP contribution in [0.1, 0.15) is 17.1 Å². The number of anilines is 1. The molecule has 7 nitrogen and oxygen atoms in total. The van der Waals surface area contributed by atoms with Gasteiger partial charge in [0, 0.05) is 33.6 Å². The molecule has 0 unspecified atom stereocenters. The van der Waals surface area contributed by atoms with Crippen molar-refractivity contribution in [3.63, 3.8) is 0 Å². The maximum atomic E-state index is 12.6. The molecule has 0 N–H and O–H groups in total. The minimum Gasteiger partial charge on any atom is -0.361 e. The average Bonchev–Trinajstić information content (AvgIpc) is 2.92. The molecule has 0 atom stereocenters. The SMILES string of the molecule is CN(C)c1cc2c(nn1)CCN(Cc1ncnn1CC(F)F)C2. The van der Waals surface area contributed by atoms with E-state index < -0.39 is 13.0 Å². The first-order valence-electron chi connectivity index (χ1n) is 7.43. The number of nitrogens with zero attached hydrogens (tertiary/aromatic N) is 7. The molecule has 0 aliphatic carbocycles. The zero-order valence-corrected chi connectivity index (χ0v) is 13.2. The Morgan fingerprint density at radius 3 is 2.87 bits per heavy atom. The summed E-state index contributed by atoms with van der Waals surface area (Å²) in [5.41, 5.74) is 2.12. The second-order valence-corrected chi connectivity index (χ2v) is 5.78. The summed E-state index contributed by atoms with van der Waals surface area (Å²) in [4.78, 5) is 8.18. The van der Waals surface area contributed by atoms with E-state index in [0.29, 0.717) is 18.9 Å². The molecule has 0 amide bonds. The lowest BCUT2D eigenvalue weighted by molar-refractivity contribution is 0.118. The predicted octanol–water partition coefficient (Wildman–Crippen LogP) is 0.957. The summed E-state index contributed by atoms with van der Waals surface area (Å²) in [6, 6.07) is 2.03. The minimum atomic E-state index is -2.43.